The van der Waals surface area contributed by atoms with Gasteiger partial charge in [-0.05, 0) is 72.7 Å². The minimum Gasteiger partial charge on any atom is -0.477 e. The van der Waals surface area contributed by atoms with Gasteiger partial charge in [-0.3, -0.25) is 0 Å². The summed E-state index contributed by atoms with van der Waals surface area (Å²) in [4.78, 5) is 15.4. The van der Waals surface area contributed by atoms with Crippen molar-refractivity contribution in [2.75, 3.05) is 0 Å². The van der Waals surface area contributed by atoms with E-state index in [0.717, 1.165) is 39.7 Å². The Morgan fingerprint density at radius 1 is 0.745 bits per heavy atom. The Labute approximate surface area is 279 Å². The number of aromatic nitrogens is 2. The molecule has 0 fully saturated rings. The molecule has 0 saturated carbocycles. The molecule has 0 spiro atoms. The average Bonchev–Trinajstić information content (AvgIpc) is 3.89. The number of para-hydroxylation sites is 2. The molecule has 4 aromatic heterocycles. The number of nitrogens with zero attached hydrogens (tertiary/aromatic N) is 3. The summed E-state index contributed by atoms with van der Waals surface area (Å²) < 4.78 is 4.88. The maximum absolute atomic E-state index is 11.3. The molecule has 228 valence electrons. The van der Waals surface area contributed by atoms with E-state index < -0.39 is 5.97 Å². The highest BCUT2D eigenvalue weighted by Gasteiger charge is 2.17. The molecule has 8 aromatic rings. The lowest BCUT2D eigenvalue weighted by molar-refractivity contribution is -0.132. The summed E-state index contributed by atoms with van der Waals surface area (Å²) >= 11 is 3.21. The molecule has 0 aliphatic rings. The fourth-order valence-electron chi connectivity index (χ4n) is 6.61. The summed E-state index contributed by atoms with van der Waals surface area (Å²) in [6.45, 7) is 3.18. The normalized spacial score (nSPS) is 12.0. The highest BCUT2D eigenvalue weighted by Crippen LogP contribution is 2.41. The van der Waals surface area contributed by atoms with E-state index >= 15 is 0 Å². The van der Waals surface area contributed by atoms with Crippen molar-refractivity contribution in [3.63, 3.8) is 0 Å². The first-order valence-electron chi connectivity index (χ1n) is 15.6. The standard InChI is InChI=1S/C40H29N3O2S2/c1-2-3-20-42-35-22-25(37-18-19-39(47-37)38-17-14-28(46-38)21-26(24-41)40(44)45)12-15-31(35)32-16-13-27(23-36(32)42)43-33-10-6-4-8-29(33)30-9-5-7-11-34(30)43/h4-19,21-23H,2-3,20H2,1H3,(H,44,45)/b26-21-. The van der Waals surface area contributed by atoms with Crippen molar-refractivity contribution in [3.05, 3.63) is 120 Å². The molecule has 0 bridgehead atoms. The molecule has 0 unspecified atom stereocenters. The van der Waals surface area contributed by atoms with Gasteiger partial charge in [0.2, 0.25) is 0 Å². The predicted molar refractivity (Wildman–Crippen MR) is 197 cm³/mol. The smallest absolute Gasteiger partial charge is 0.346 e. The predicted octanol–water partition coefficient (Wildman–Crippen LogP) is 11.1. The van der Waals surface area contributed by atoms with Crippen molar-refractivity contribution >= 4 is 78.3 Å². The number of hydrogen-bond donors (Lipinski definition) is 1. The molecule has 4 heterocycles. The second kappa shape index (κ2) is 11.7. The van der Waals surface area contributed by atoms with Crippen LogP contribution in [0.2, 0.25) is 0 Å². The molecule has 1 N–H and O–H groups in total. The highest BCUT2D eigenvalue weighted by atomic mass is 32.1. The van der Waals surface area contributed by atoms with Gasteiger partial charge in [-0.1, -0.05) is 67.9 Å². The topological polar surface area (TPSA) is 70.9 Å². The zero-order chi connectivity index (χ0) is 32.1. The summed E-state index contributed by atoms with van der Waals surface area (Å²) in [6.07, 6.45) is 3.64. The number of benzene rings is 4. The van der Waals surface area contributed by atoms with Crippen molar-refractivity contribution in [1.29, 1.82) is 5.26 Å². The zero-order valence-electron chi connectivity index (χ0n) is 25.6. The van der Waals surface area contributed by atoms with Crippen LogP contribution in [0.3, 0.4) is 0 Å². The number of rotatable bonds is 8. The first-order valence-corrected chi connectivity index (χ1v) is 17.3. The molecular formula is C40H29N3O2S2. The van der Waals surface area contributed by atoms with Crippen LogP contribution < -0.4 is 0 Å². The van der Waals surface area contributed by atoms with Gasteiger partial charge < -0.3 is 14.2 Å². The summed E-state index contributed by atoms with van der Waals surface area (Å²) in [5.74, 6) is -1.21. The molecule has 0 aliphatic heterocycles. The lowest BCUT2D eigenvalue weighted by atomic mass is 10.1. The van der Waals surface area contributed by atoms with Crippen LogP contribution in [0.4, 0.5) is 0 Å². The molecule has 0 atom stereocenters. The Morgan fingerprint density at radius 2 is 1.36 bits per heavy atom. The Kier molecular flexibility index (Phi) is 7.25. The maximum Gasteiger partial charge on any atom is 0.346 e. The number of thiophene rings is 2. The van der Waals surface area contributed by atoms with E-state index in [2.05, 4.69) is 113 Å². The van der Waals surface area contributed by atoms with E-state index in [9.17, 15) is 9.90 Å². The second-order valence-electron chi connectivity index (χ2n) is 11.6. The molecule has 4 aromatic carbocycles. The lowest BCUT2D eigenvalue weighted by Gasteiger charge is -2.11. The van der Waals surface area contributed by atoms with E-state index in [0.29, 0.717) is 0 Å². The molecular weight excluding hydrogens is 619 g/mol. The number of hydrogen-bond acceptors (Lipinski definition) is 4. The molecule has 0 radical (unpaired) electrons. The Morgan fingerprint density at radius 3 is 2.06 bits per heavy atom. The van der Waals surface area contributed by atoms with Crippen molar-refractivity contribution in [2.24, 2.45) is 0 Å². The minimum absolute atomic E-state index is 0.265. The van der Waals surface area contributed by atoms with Gasteiger partial charge in [0.05, 0.1) is 16.6 Å². The summed E-state index contributed by atoms with van der Waals surface area (Å²) in [5, 5.41) is 23.4. The van der Waals surface area contributed by atoms with Gasteiger partial charge >= 0.3 is 5.97 Å². The average molecular weight is 648 g/mol. The quantitative estimate of drug-likeness (QED) is 0.132. The molecule has 0 aliphatic carbocycles. The van der Waals surface area contributed by atoms with Crippen molar-refractivity contribution in [1.82, 2.24) is 9.13 Å². The number of carboxylic acid groups (broad SMARTS) is 1. The number of fused-ring (bicyclic) bond motifs is 6. The van der Waals surface area contributed by atoms with Crippen molar-refractivity contribution in [2.45, 2.75) is 26.3 Å². The summed E-state index contributed by atoms with van der Waals surface area (Å²) in [6, 6.07) is 40.9. The lowest BCUT2D eigenvalue weighted by Crippen LogP contribution is -1.99. The fraction of sp³-hybridized carbons (Fsp3) is 0.100. The van der Waals surface area contributed by atoms with Gasteiger partial charge in [0.25, 0.3) is 0 Å². The van der Waals surface area contributed by atoms with E-state index in [1.54, 1.807) is 17.4 Å². The van der Waals surface area contributed by atoms with Crippen LogP contribution in [-0.2, 0) is 11.3 Å². The first-order chi connectivity index (χ1) is 23.0. The number of carboxylic acids is 1. The third-order valence-corrected chi connectivity index (χ3v) is 11.2. The van der Waals surface area contributed by atoms with Crippen LogP contribution in [-0.4, -0.2) is 20.2 Å². The highest BCUT2D eigenvalue weighted by molar-refractivity contribution is 7.24. The fourth-order valence-corrected chi connectivity index (χ4v) is 8.65. The molecule has 47 heavy (non-hydrogen) atoms. The number of nitriles is 1. The van der Waals surface area contributed by atoms with Crippen molar-refractivity contribution in [3.8, 4) is 32.0 Å². The molecule has 0 saturated heterocycles. The van der Waals surface area contributed by atoms with Gasteiger partial charge in [-0.15, -0.1) is 22.7 Å². The van der Waals surface area contributed by atoms with E-state index in [1.807, 2.05) is 12.1 Å². The van der Waals surface area contributed by atoms with E-state index in [1.165, 1.54) is 71.5 Å². The van der Waals surface area contributed by atoms with Crippen LogP contribution in [0, 0.1) is 11.3 Å². The van der Waals surface area contributed by atoms with Gasteiger partial charge in [0, 0.05) is 58.8 Å². The molecule has 7 heteroatoms. The molecule has 5 nitrogen and oxygen atoms in total. The molecule has 0 amide bonds. The summed E-state index contributed by atoms with van der Waals surface area (Å²) in [7, 11) is 0. The second-order valence-corrected chi connectivity index (χ2v) is 13.8. The zero-order valence-corrected chi connectivity index (χ0v) is 27.2. The van der Waals surface area contributed by atoms with Gasteiger partial charge in [0.15, 0.2) is 0 Å². The van der Waals surface area contributed by atoms with Crippen LogP contribution >= 0.6 is 22.7 Å². The monoisotopic (exact) mass is 647 g/mol. The van der Waals surface area contributed by atoms with Crippen molar-refractivity contribution < 1.29 is 9.90 Å². The Hall–Kier alpha value is -5.42. The minimum atomic E-state index is -1.21. The number of unbranched alkanes of at least 4 members (excludes halogenated alkanes) is 1. The third-order valence-electron chi connectivity index (χ3n) is 8.82. The van der Waals surface area contributed by atoms with Gasteiger partial charge in [-0.25, -0.2) is 4.79 Å². The molecule has 8 rings (SSSR count). The van der Waals surface area contributed by atoms with E-state index in [-0.39, 0.29) is 5.57 Å². The van der Waals surface area contributed by atoms with Gasteiger partial charge in [-0.2, -0.15) is 5.26 Å². The Balaban J connectivity index is 1.23. The number of aliphatic carboxylic acids is 1. The first kappa shape index (κ1) is 29.0. The largest absolute Gasteiger partial charge is 0.477 e. The summed E-state index contributed by atoms with van der Waals surface area (Å²) in [5.41, 5.74) is 6.97. The Bertz CT molecular complexity index is 2520. The van der Waals surface area contributed by atoms with E-state index in [4.69, 9.17) is 5.26 Å². The third kappa shape index (κ3) is 4.94. The van der Waals surface area contributed by atoms with Crippen LogP contribution in [0.1, 0.15) is 24.6 Å². The van der Waals surface area contributed by atoms with Crippen LogP contribution in [0.5, 0.6) is 0 Å². The van der Waals surface area contributed by atoms with Gasteiger partial charge in [0.1, 0.15) is 11.6 Å². The van der Waals surface area contributed by atoms with Crippen LogP contribution in [0.15, 0.2) is 115 Å². The number of aryl methyl sites for hydroxylation is 1. The van der Waals surface area contributed by atoms with Crippen LogP contribution in [0.25, 0.3) is 75.6 Å². The maximum atomic E-state index is 11.3. The SMILES string of the molecule is CCCCn1c2cc(-c3ccc(-c4ccc(/C=C(/C#N)C(=O)O)s4)s3)ccc2c2ccc(-n3c4ccccc4c4ccccc43)cc21. The number of carbonyl (C=O) groups is 1.